The Balaban J connectivity index is 2.04. The molecule has 2 unspecified atom stereocenters. The minimum Gasteiger partial charge on any atom is -0.381 e. The van der Waals surface area contributed by atoms with Gasteiger partial charge < -0.3 is 5.32 Å². The predicted octanol–water partition coefficient (Wildman–Crippen LogP) is 2.66. The third-order valence-electron chi connectivity index (χ3n) is 3.05. The van der Waals surface area contributed by atoms with Crippen LogP contribution in [0.2, 0.25) is 0 Å². The summed E-state index contributed by atoms with van der Waals surface area (Å²) in [6.07, 6.45) is 3.16. The first-order valence-electron chi connectivity index (χ1n) is 5.50. The Labute approximate surface area is 95.3 Å². The fourth-order valence-corrected chi connectivity index (χ4v) is 2.14. The summed E-state index contributed by atoms with van der Waals surface area (Å²) in [4.78, 5) is 0. The van der Waals surface area contributed by atoms with E-state index in [-0.39, 0.29) is 12.0 Å². The molecule has 0 heterocycles. The Kier molecular flexibility index (Phi) is 3.08. The van der Waals surface area contributed by atoms with Gasteiger partial charge in [-0.05, 0) is 43.5 Å². The quantitative estimate of drug-likeness (QED) is 0.818. The molecule has 1 saturated carbocycles. The van der Waals surface area contributed by atoms with Gasteiger partial charge in [-0.25, -0.2) is 0 Å². The number of anilines is 1. The van der Waals surface area contributed by atoms with Crippen LogP contribution >= 0.6 is 0 Å². The third kappa shape index (κ3) is 2.15. The van der Waals surface area contributed by atoms with Gasteiger partial charge in [-0.15, -0.1) is 0 Å². The highest BCUT2D eigenvalue weighted by Crippen LogP contribution is 2.27. The zero-order valence-corrected chi connectivity index (χ0v) is 8.98. The smallest absolute Gasteiger partial charge is 0.0991 e. The molecule has 0 amide bonds. The van der Waals surface area contributed by atoms with Crippen LogP contribution in [0.25, 0.3) is 0 Å². The maximum Gasteiger partial charge on any atom is 0.0991 e. The van der Waals surface area contributed by atoms with E-state index >= 15 is 0 Å². The maximum atomic E-state index is 8.96. The average molecular weight is 211 g/mol. The molecule has 3 heteroatoms. The maximum absolute atomic E-state index is 8.96. The summed E-state index contributed by atoms with van der Waals surface area (Å²) in [5.74, 6) is 0.121. The summed E-state index contributed by atoms with van der Waals surface area (Å²) < 4.78 is 0. The Bertz CT molecular complexity index is 436. The molecule has 16 heavy (non-hydrogen) atoms. The summed E-state index contributed by atoms with van der Waals surface area (Å²) in [6.45, 7) is 0. The standard InChI is InChI=1S/C13H13N3/c14-8-10-4-6-12(7-5-10)16-13-3-1-2-11(13)9-15/h4-7,11,13,16H,1-3H2. The van der Waals surface area contributed by atoms with Crippen molar-refractivity contribution in [2.75, 3.05) is 5.32 Å². The van der Waals surface area contributed by atoms with E-state index in [0.717, 1.165) is 24.9 Å². The fourth-order valence-electron chi connectivity index (χ4n) is 2.14. The molecule has 3 nitrogen and oxygen atoms in total. The van der Waals surface area contributed by atoms with Gasteiger partial charge >= 0.3 is 0 Å². The van der Waals surface area contributed by atoms with Gasteiger partial charge in [-0.1, -0.05) is 0 Å². The van der Waals surface area contributed by atoms with Gasteiger partial charge in [0.2, 0.25) is 0 Å². The highest BCUT2D eigenvalue weighted by Gasteiger charge is 2.26. The Morgan fingerprint density at radius 3 is 2.50 bits per heavy atom. The number of nitrogens with zero attached hydrogens (tertiary/aromatic N) is 2. The van der Waals surface area contributed by atoms with Gasteiger partial charge in [0.15, 0.2) is 0 Å². The highest BCUT2D eigenvalue weighted by molar-refractivity contribution is 5.48. The van der Waals surface area contributed by atoms with E-state index < -0.39 is 0 Å². The van der Waals surface area contributed by atoms with E-state index in [2.05, 4.69) is 17.5 Å². The average Bonchev–Trinajstić information content (AvgIpc) is 2.77. The zero-order chi connectivity index (χ0) is 11.4. The summed E-state index contributed by atoms with van der Waals surface area (Å²) in [5, 5.41) is 21.0. The summed E-state index contributed by atoms with van der Waals surface area (Å²) >= 11 is 0. The number of hydrogen-bond acceptors (Lipinski definition) is 3. The lowest BCUT2D eigenvalue weighted by atomic mass is 10.1. The molecule has 0 spiro atoms. The normalized spacial score (nSPS) is 23.4. The second kappa shape index (κ2) is 4.68. The number of hydrogen-bond donors (Lipinski definition) is 1. The lowest BCUT2D eigenvalue weighted by Gasteiger charge is -2.16. The molecule has 1 aliphatic rings. The molecule has 0 saturated heterocycles. The van der Waals surface area contributed by atoms with E-state index in [4.69, 9.17) is 10.5 Å². The van der Waals surface area contributed by atoms with Crippen LogP contribution in [0, 0.1) is 28.6 Å². The topological polar surface area (TPSA) is 59.6 Å². The number of benzene rings is 1. The molecule has 80 valence electrons. The van der Waals surface area contributed by atoms with Gasteiger partial charge in [0.05, 0.1) is 23.6 Å². The van der Waals surface area contributed by atoms with Crippen LogP contribution in [0.15, 0.2) is 24.3 Å². The van der Waals surface area contributed by atoms with Gasteiger partial charge in [-0.2, -0.15) is 10.5 Å². The van der Waals surface area contributed by atoms with Crippen molar-refractivity contribution in [1.82, 2.24) is 0 Å². The Morgan fingerprint density at radius 1 is 1.12 bits per heavy atom. The van der Waals surface area contributed by atoms with E-state index in [1.807, 2.05) is 12.1 Å². The molecule has 0 aliphatic heterocycles. The fraction of sp³-hybridized carbons (Fsp3) is 0.385. The summed E-state index contributed by atoms with van der Waals surface area (Å²) in [6, 6.07) is 12.1. The van der Waals surface area contributed by atoms with E-state index in [1.165, 1.54) is 0 Å². The number of rotatable bonds is 2. The SMILES string of the molecule is N#Cc1ccc(NC2CCCC2C#N)cc1. The predicted molar refractivity (Wildman–Crippen MR) is 61.5 cm³/mol. The molecule has 0 radical (unpaired) electrons. The second-order valence-corrected chi connectivity index (χ2v) is 4.11. The van der Waals surface area contributed by atoms with Crippen molar-refractivity contribution < 1.29 is 0 Å². The first-order valence-corrected chi connectivity index (χ1v) is 5.50. The molecule has 0 bridgehead atoms. The van der Waals surface area contributed by atoms with Crippen LogP contribution in [0.4, 0.5) is 5.69 Å². The van der Waals surface area contributed by atoms with Gasteiger partial charge in [0.25, 0.3) is 0 Å². The monoisotopic (exact) mass is 211 g/mol. The van der Waals surface area contributed by atoms with Gasteiger partial charge in [0.1, 0.15) is 0 Å². The van der Waals surface area contributed by atoms with Crippen molar-refractivity contribution in [3.05, 3.63) is 29.8 Å². The molecule has 0 aromatic heterocycles. The minimum absolute atomic E-state index is 0.121. The molecule has 1 aromatic carbocycles. The van der Waals surface area contributed by atoms with Crippen molar-refractivity contribution in [3.63, 3.8) is 0 Å². The molecule has 1 N–H and O–H groups in total. The largest absolute Gasteiger partial charge is 0.381 e. The molecule has 2 rings (SSSR count). The molecule has 1 aliphatic carbocycles. The van der Waals surface area contributed by atoms with E-state index in [9.17, 15) is 0 Å². The molecular weight excluding hydrogens is 198 g/mol. The van der Waals surface area contributed by atoms with Crippen molar-refractivity contribution in [2.45, 2.75) is 25.3 Å². The van der Waals surface area contributed by atoms with Crippen LogP contribution < -0.4 is 5.32 Å². The number of nitrogens with one attached hydrogen (secondary N) is 1. The van der Waals surface area contributed by atoms with Crippen molar-refractivity contribution >= 4 is 5.69 Å². The Hall–Kier alpha value is -2.00. The lowest BCUT2D eigenvalue weighted by Crippen LogP contribution is -2.22. The second-order valence-electron chi connectivity index (χ2n) is 4.11. The Morgan fingerprint density at radius 2 is 1.88 bits per heavy atom. The van der Waals surface area contributed by atoms with Crippen LogP contribution in [-0.4, -0.2) is 6.04 Å². The third-order valence-corrected chi connectivity index (χ3v) is 3.05. The van der Waals surface area contributed by atoms with E-state index in [0.29, 0.717) is 5.56 Å². The highest BCUT2D eigenvalue weighted by atomic mass is 14.9. The first kappa shape index (κ1) is 10.5. The zero-order valence-electron chi connectivity index (χ0n) is 8.98. The van der Waals surface area contributed by atoms with Crippen LogP contribution in [-0.2, 0) is 0 Å². The molecular formula is C13H13N3. The van der Waals surface area contributed by atoms with Gasteiger partial charge in [0, 0.05) is 11.7 Å². The van der Waals surface area contributed by atoms with Crippen LogP contribution in [0.5, 0.6) is 0 Å². The van der Waals surface area contributed by atoms with Gasteiger partial charge in [-0.3, -0.25) is 0 Å². The van der Waals surface area contributed by atoms with Crippen molar-refractivity contribution in [3.8, 4) is 12.1 Å². The minimum atomic E-state index is 0.121. The van der Waals surface area contributed by atoms with Crippen LogP contribution in [0.3, 0.4) is 0 Å². The number of nitriles is 2. The van der Waals surface area contributed by atoms with Crippen molar-refractivity contribution in [2.24, 2.45) is 5.92 Å². The van der Waals surface area contributed by atoms with Crippen LogP contribution in [0.1, 0.15) is 24.8 Å². The summed E-state index contributed by atoms with van der Waals surface area (Å²) in [7, 11) is 0. The first-order chi connectivity index (χ1) is 7.83. The summed E-state index contributed by atoms with van der Waals surface area (Å²) in [5.41, 5.74) is 1.65. The lowest BCUT2D eigenvalue weighted by molar-refractivity contribution is 0.630. The molecule has 1 aromatic rings. The molecule has 2 atom stereocenters. The van der Waals surface area contributed by atoms with Crippen molar-refractivity contribution in [1.29, 1.82) is 10.5 Å². The van der Waals surface area contributed by atoms with E-state index in [1.54, 1.807) is 12.1 Å². The molecule has 1 fully saturated rings.